The van der Waals surface area contributed by atoms with E-state index in [2.05, 4.69) is 78.2 Å². The maximum atomic E-state index is 10.3. The highest BCUT2D eigenvalue weighted by atomic mass is 16.3. The van der Waals surface area contributed by atoms with Gasteiger partial charge >= 0.3 is 0 Å². The lowest BCUT2D eigenvalue weighted by molar-refractivity contribution is 0.209. The molecule has 1 aromatic heterocycles. The maximum absolute atomic E-state index is 10.3. The van der Waals surface area contributed by atoms with Crippen molar-refractivity contribution < 1.29 is 5.11 Å². The van der Waals surface area contributed by atoms with Crippen LogP contribution in [0.25, 0.3) is 17.0 Å². The standard InChI is InChI=1S/C25H31NO/c1-2-3-4-5-9-15-24(27)18-17-23-19-22-14-10-11-16-25(22)26(23)20-21-12-7-6-8-13-21/h6-8,10-14,16-19,24,27H,2-5,9,15,20H2,1H3/b18-17+. The largest absolute Gasteiger partial charge is 0.389 e. The van der Waals surface area contributed by atoms with E-state index in [0.29, 0.717) is 0 Å². The minimum absolute atomic E-state index is 0.366. The highest BCUT2D eigenvalue weighted by Crippen LogP contribution is 2.23. The lowest BCUT2D eigenvalue weighted by Crippen LogP contribution is -2.04. The molecule has 3 aromatic rings. The van der Waals surface area contributed by atoms with Crippen LogP contribution in [0.1, 0.15) is 56.7 Å². The quantitative estimate of drug-likeness (QED) is 0.414. The first-order valence-corrected chi connectivity index (χ1v) is 10.3. The van der Waals surface area contributed by atoms with E-state index < -0.39 is 0 Å². The van der Waals surface area contributed by atoms with E-state index in [-0.39, 0.29) is 6.10 Å². The molecule has 0 saturated carbocycles. The Morgan fingerprint density at radius 1 is 0.926 bits per heavy atom. The second-order valence-corrected chi connectivity index (χ2v) is 7.33. The highest BCUT2D eigenvalue weighted by Gasteiger charge is 2.08. The molecule has 0 aliphatic rings. The molecule has 1 heterocycles. The average molecular weight is 362 g/mol. The predicted molar refractivity (Wildman–Crippen MR) is 116 cm³/mol. The van der Waals surface area contributed by atoms with E-state index >= 15 is 0 Å². The fourth-order valence-corrected chi connectivity index (χ4v) is 3.58. The maximum Gasteiger partial charge on any atom is 0.0724 e. The summed E-state index contributed by atoms with van der Waals surface area (Å²) in [6.07, 6.45) is 10.7. The molecule has 1 unspecified atom stereocenters. The SMILES string of the molecule is CCCCCCCC(O)/C=C/c1cc2ccccc2n1Cc1ccccc1. The van der Waals surface area contributed by atoms with Crippen molar-refractivity contribution in [3.05, 3.63) is 78.0 Å². The number of para-hydroxylation sites is 1. The summed E-state index contributed by atoms with van der Waals surface area (Å²) in [6.45, 7) is 3.06. The molecular formula is C25H31NO. The third-order valence-electron chi connectivity index (χ3n) is 5.12. The van der Waals surface area contributed by atoms with Crippen molar-refractivity contribution in [2.45, 2.75) is 58.1 Å². The monoisotopic (exact) mass is 361 g/mol. The number of rotatable bonds is 10. The van der Waals surface area contributed by atoms with Gasteiger partial charge in [0.2, 0.25) is 0 Å². The van der Waals surface area contributed by atoms with Crippen molar-refractivity contribution in [2.24, 2.45) is 0 Å². The van der Waals surface area contributed by atoms with Crippen LogP contribution in [0.5, 0.6) is 0 Å². The van der Waals surface area contributed by atoms with Gasteiger partial charge in [0.15, 0.2) is 0 Å². The van der Waals surface area contributed by atoms with Crippen LogP contribution in [0.4, 0.5) is 0 Å². The van der Waals surface area contributed by atoms with Gasteiger partial charge in [0.1, 0.15) is 0 Å². The zero-order valence-electron chi connectivity index (χ0n) is 16.3. The molecule has 0 aliphatic heterocycles. The molecule has 0 bridgehead atoms. The number of benzene rings is 2. The Morgan fingerprint density at radius 2 is 1.67 bits per heavy atom. The predicted octanol–water partition coefficient (Wildman–Crippen LogP) is 6.42. The number of hydrogen-bond donors (Lipinski definition) is 1. The molecule has 142 valence electrons. The molecule has 1 atom stereocenters. The topological polar surface area (TPSA) is 25.2 Å². The number of nitrogens with zero attached hydrogens (tertiary/aromatic N) is 1. The third-order valence-corrected chi connectivity index (χ3v) is 5.12. The van der Waals surface area contributed by atoms with Crippen molar-refractivity contribution in [1.29, 1.82) is 0 Å². The molecule has 0 spiro atoms. The van der Waals surface area contributed by atoms with Gasteiger partial charge in [-0.1, -0.05) is 93.6 Å². The second kappa shape index (κ2) is 10.1. The van der Waals surface area contributed by atoms with E-state index in [1.54, 1.807) is 0 Å². The minimum atomic E-state index is -0.366. The summed E-state index contributed by atoms with van der Waals surface area (Å²) >= 11 is 0. The van der Waals surface area contributed by atoms with E-state index in [0.717, 1.165) is 25.1 Å². The Balaban J connectivity index is 1.72. The van der Waals surface area contributed by atoms with E-state index in [1.807, 2.05) is 6.08 Å². The Labute approximate surface area is 163 Å². The molecular weight excluding hydrogens is 330 g/mol. The van der Waals surface area contributed by atoms with Gasteiger partial charge in [0.05, 0.1) is 6.10 Å². The number of aliphatic hydroxyl groups is 1. The second-order valence-electron chi connectivity index (χ2n) is 7.33. The summed E-state index contributed by atoms with van der Waals surface area (Å²) in [5.74, 6) is 0. The molecule has 2 aromatic carbocycles. The number of hydrogen-bond acceptors (Lipinski definition) is 1. The lowest BCUT2D eigenvalue weighted by Gasteiger charge is -2.10. The molecule has 0 amide bonds. The first-order chi connectivity index (χ1) is 13.3. The molecule has 27 heavy (non-hydrogen) atoms. The van der Waals surface area contributed by atoms with Crippen LogP contribution in [0.15, 0.2) is 66.7 Å². The minimum Gasteiger partial charge on any atom is -0.389 e. The van der Waals surface area contributed by atoms with Crippen LogP contribution in [0, 0.1) is 0 Å². The Morgan fingerprint density at radius 3 is 2.48 bits per heavy atom. The van der Waals surface area contributed by atoms with E-state index in [4.69, 9.17) is 0 Å². The van der Waals surface area contributed by atoms with Crippen LogP contribution < -0.4 is 0 Å². The fourth-order valence-electron chi connectivity index (χ4n) is 3.58. The van der Waals surface area contributed by atoms with Crippen LogP contribution in [0.2, 0.25) is 0 Å². The molecule has 2 heteroatoms. The number of aromatic nitrogens is 1. The first kappa shape index (κ1) is 19.4. The summed E-state index contributed by atoms with van der Waals surface area (Å²) in [4.78, 5) is 0. The first-order valence-electron chi connectivity index (χ1n) is 10.3. The molecule has 0 aliphatic carbocycles. The third kappa shape index (κ3) is 5.58. The molecule has 1 N–H and O–H groups in total. The zero-order chi connectivity index (χ0) is 18.9. The lowest BCUT2D eigenvalue weighted by atomic mass is 10.1. The Bertz CT molecular complexity index is 847. The number of unbranched alkanes of at least 4 members (excludes halogenated alkanes) is 4. The van der Waals surface area contributed by atoms with Gasteiger partial charge in [-0.15, -0.1) is 0 Å². The normalized spacial score (nSPS) is 12.8. The fraction of sp³-hybridized carbons (Fsp3) is 0.360. The summed E-state index contributed by atoms with van der Waals surface area (Å²) < 4.78 is 2.33. The average Bonchev–Trinajstić information content (AvgIpc) is 3.04. The van der Waals surface area contributed by atoms with Gasteiger partial charge in [-0.3, -0.25) is 0 Å². The number of fused-ring (bicyclic) bond motifs is 1. The van der Waals surface area contributed by atoms with Crippen LogP contribution in [0.3, 0.4) is 0 Å². The van der Waals surface area contributed by atoms with Crippen LogP contribution >= 0.6 is 0 Å². The van der Waals surface area contributed by atoms with Crippen molar-refractivity contribution >= 4 is 17.0 Å². The highest BCUT2D eigenvalue weighted by molar-refractivity contribution is 5.83. The molecule has 2 nitrogen and oxygen atoms in total. The summed E-state index contributed by atoms with van der Waals surface area (Å²) in [7, 11) is 0. The van der Waals surface area contributed by atoms with E-state index in [9.17, 15) is 5.11 Å². The molecule has 0 radical (unpaired) electrons. The molecule has 0 fully saturated rings. The van der Waals surface area contributed by atoms with Crippen molar-refractivity contribution in [3.63, 3.8) is 0 Å². The van der Waals surface area contributed by atoms with Crippen molar-refractivity contribution in [1.82, 2.24) is 4.57 Å². The van der Waals surface area contributed by atoms with Crippen LogP contribution in [-0.4, -0.2) is 15.8 Å². The van der Waals surface area contributed by atoms with Gasteiger partial charge in [-0.2, -0.15) is 0 Å². The molecule has 3 rings (SSSR count). The van der Waals surface area contributed by atoms with E-state index in [1.165, 1.54) is 42.1 Å². The summed E-state index contributed by atoms with van der Waals surface area (Å²) in [5, 5.41) is 11.6. The van der Waals surface area contributed by atoms with Gasteiger partial charge < -0.3 is 9.67 Å². The van der Waals surface area contributed by atoms with Gasteiger partial charge in [0.25, 0.3) is 0 Å². The Kier molecular flexibility index (Phi) is 7.29. The zero-order valence-corrected chi connectivity index (χ0v) is 16.3. The van der Waals surface area contributed by atoms with Gasteiger partial charge in [-0.25, -0.2) is 0 Å². The van der Waals surface area contributed by atoms with Gasteiger partial charge in [0, 0.05) is 23.1 Å². The van der Waals surface area contributed by atoms with Crippen molar-refractivity contribution in [2.75, 3.05) is 0 Å². The van der Waals surface area contributed by atoms with Crippen molar-refractivity contribution in [3.8, 4) is 0 Å². The van der Waals surface area contributed by atoms with Crippen LogP contribution in [-0.2, 0) is 6.54 Å². The van der Waals surface area contributed by atoms with Gasteiger partial charge in [-0.05, 0) is 30.2 Å². The number of aliphatic hydroxyl groups excluding tert-OH is 1. The summed E-state index contributed by atoms with van der Waals surface area (Å²) in [6, 6.07) is 21.2. The summed E-state index contributed by atoms with van der Waals surface area (Å²) in [5.41, 5.74) is 3.66. The molecule has 0 saturated heterocycles. The smallest absolute Gasteiger partial charge is 0.0724 e. The Hall–Kier alpha value is -2.32.